The van der Waals surface area contributed by atoms with Gasteiger partial charge in [-0.15, -0.1) is 0 Å². The van der Waals surface area contributed by atoms with Crippen molar-refractivity contribution in [3.05, 3.63) is 54.5 Å². The van der Waals surface area contributed by atoms with Crippen LogP contribution in [-0.4, -0.2) is 18.1 Å². The van der Waals surface area contributed by atoms with Gasteiger partial charge in [-0.25, -0.2) is 14.0 Å². The van der Waals surface area contributed by atoms with E-state index in [4.69, 9.17) is 4.84 Å². The van der Waals surface area contributed by atoms with E-state index in [2.05, 4.69) is 15.6 Å². The number of aromatic nitrogens is 1. The predicted octanol–water partition coefficient (Wildman–Crippen LogP) is 2.71. The zero-order valence-corrected chi connectivity index (χ0v) is 12.4. The monoisotopic (exact) mass is 315 g/mol. The number of carbonyl (C=O) groups excluding carboxylic acids is 1. The third-order valence-corrected chi connectivity index (χ3v) is 3.34. The zero-order valence-electron chi connectivity index (χ0n) is 12.4. The summed E-state index contributed by atoms with van der Waals surface area (Å²) in [5.74, 6) is -0.520. The number of nitrogens with two attached hydrogens (primary N) is 1. The number of fused-ring (bicyclic) bond motifs is 1. The second kappa shape index (κ2) is 6.47. The van der Waals surface area contributed by atoms with E-state index in [1.54, 1.807) is 18.3 Å². The lowest BCUT2D eigenvalue weighted by molar-refractivity contribution is -0.830. The first-order valence-electron chi connectivity index (χ1n) is 6.97. The van der Waals surface area contributed by atoms with Gasteiger partial charge in [0, 0.05) is 29.2 Å². The number of nitrogens with one attached hydrogen (secondary N) is 3. The first-order chi connectivity index (χ1) is 11.2. The van der Waals surface area contributed by atoms with Crippen LogP contribution in [0.4, 0.5) is 26.2 Å². The first kappa shape index (κ1) is 15.0. The van der Waals surface area contributed by atoms with Gasteiger partial charge in [-0.2, -0.15) is 5.48 Å². The predicted molar refractivity (Wildman–Crippen MR) is 85.9 cm³/mol. The second-order valence-corrected chi connectivity index (χ2v) is 4.92. The summed E-state index contributed by atoms with van der Waals surface area (Å²) in [6.45, 7) is 0. The van der Waals surface area contributed by atoms with Crippen molar-refractivity contribution >= 4 is 34.0 Å². The Morgan fingerprint density at radius 3 is 2.83 bits per heavy atom. The SMILES string of the molecule is CO[NH2+]c1ccc(F)c(NC(=O)Nc2cccc3[nH]ccc23)c1. The molecule has 0 fully saturated rings. The Balaban J connectivity index is 1.77. The van der Waals surface area contributed by atoms with Crippen LogP contribution in [0, 0.1) is 5.82 Å². The highest BCUT2D eigenvalue weighted by molar-refractivity contribution is 6.05. The molecule has 0 saturated carbocycles. The van der Waals surface area contributed by atoms with Crippen LogP contribution in [-0.2, 0) is 4.84 Å². The molecule has 0 saturated heterocycles. The Bertz CT molecular complexity index is 847. The van der Waals surface area contributed by atoms with Gasteiger partial charge in [-0.05, 0) is 24.3 Å². The Morgan fingerprint density at radius 2 is 2.00 bits per heavy atom. The molecule has 3 rings (SSSR count). The van der Waals surface area contributed by atoms with Gasteiger partial charge < -0.3 is 15.6 Å². The molecule has 7 heteroatoms. The number of carbonyl (C=O) groups is 1. The van der Waals surface area contributed by atoms with Gasteiger partial charge in [0.2, 0.25) is 0 Å². The first-order valence-corrected chi connectivity index (χ1v) is 6.97. The molecule has 3 aromatic rings. The molecule has 0 unspecified atom stereocenters. The van der Waals surface area contributed by atoms with Gasteiger partial charge in [0.15, 0.2) is 5.69 Å². The summed E-state index contributed by atoms with van der Waals surface area (Å²) in [6, 6.07) is 11.2. The molecule has 23 heavy (non-hydrogen) atoms. The normalized spacial score (nSPS) is 10.7. The Kier molecular flexibility index (Phi) is 4.22. The lowest BCUT2D eigenvalue weighted by Gasteiger charge is -2.10. The van der Waals surface area contributed by atoms with Gasteiger partial charge in [-0.3, -0.25) is 0 Å². The third kappa shape index (κ3) is 3.31. The average Bonchev–Trinajstić information content (AvgIpc) is 3.00. The molecule has 0 atom stereocenters. The number of H-pyrrole nitrogens is 1. The molecular weight excluding hydrogens is 299 g/mol. The lowest BCUT2D eigenvalue weighted by atomic mass is 10.2. The average molecular weight is 315 g/mol. The quantitative estimate of drug-likeness (QED) is 0.441. The molecule has 1 aromatic heterocycles. The van der Waals surface area contributed by atoms with E-state index in [9.17, 15) is 9.18 Å². The summed E-state index contributed by atoms with van der Waals surface area (Å²) in [5, 5.41) is 6.10. The molecule has 0 aliphatic carbocycles. The topological polar surface area (TPSA) is 82.8 Å². The van der Waals surface area contributed by atoms with Gasteiger partial charge in [0.1, 0.15) is 5.82 Å². The maximum atomic E-state index is 13.8. The van der Waals surface area contributed by atoms with Crippen molar-refractivity contribution in [3.8, 4) is 0 Å². The molecule has 2 aromatic carbocycles. The number of aromatic amines is 1. The number of urea groups is 1. The fourth-order valence-electron chi connectivity index (χ4n) is 2.32. The van der Waals surface area contributed by atoms with E-state index >= 15 is 0 Å². The molecule has 6 nitrogen and oxygen atoms in total. The molecule has 1 heterocycles. The fourth-order valence-corrected chi connectivity index (χ4v) is 2.32. The lowest BCUT2D eigenvalue weighted by Crippen LogP contribution is -2.75. The Labute approximate surface area is 131 Å². The van der Waals surface area contributed by atoms with Crippen LogP contribution < -0.4 is 16.1 Å². The molecule has 0 spiro atoms. The standard InChI is InChI=1S/C16H15FN4O2/c1-23-21-10-5-6-12(17)15(9-10)20-16(22)19-14-4-2-3-13-11(14)7-8-18-13/h2-9,18,21H,1H3,(H2,19,20,22)/p+1. The third-order valence-electron chi connectivity index (χ3n) is 3.34. The van der Waals surface area contributed by atoms with Crippen molar-refractivity contribution in [3.63, 3.8) is 0 Å². The second-order valence-electron chi connectivity index (χ2n) is 4.92. The van der Waals surface area contributed by atoms with Gasteiger partial charge in [-0.1, -0.05) is 6.07 Å². The van der Waals surface area contributed by atoms with Crippen LogP contribution in [0.3, 0.4) is 0 Å². The van der Waals surface area contributed by atoms with E-state index in [0.29, 0.717) is 11.4 Å². The molecular formula is C16H16FN4O2+. The number of halogens is 1. The number of benzene rings is 2. The number of hydrogen-bond acceptors (Lipinski definition) is 2. The van der Waals surface area contributed by atoms with E-state index in [1.807, 2.05) is 18.2 Å². The van der Waals surface area contributed by atoms with Crippen molar-refractivity contribution in [1.29, 1.82) is 0 Å². The van der Waals surface area contributed by atoms with Crippen molar-refractivity contribution in [2.24, 2.45) is 0 Å². The van der Waals surface area contributed by atoms with Crippen LogP contribution in [0.5, 0.6) is 0 Å². The molecule has 0 aliphatic rings. The van der Waals surface area contributed by atoms with Crippen LogP contribution in [0.25, 0.3) is 10.9 Å². The summed E-state index contributed by atoms with van der Waals surface area (Å²) in [5.41, 5.74) is 3.74. The molecule has 2 amide bonds. The zero-order chi connectivity index (χ0) is 16.2. The van der Waals surface area contributed by atoms with Gasteiger partial charge in [0.25, 0.3) is 0 Å². The van der Waals surface area contributed by atoms with E-state index in [-0.39, 0.29) is 5.69 Å². The van der Waals surface area contributed by atoms with Crippen molar-refractivity contribution < 1.29 is 19.5 Å². The summed E-state index contributed by atoms with van der Waals surface area (Å²) < 4.78 is 13.8. The maximum Gasteiger partial charge on any atom is 0.323 e. The largest absolute Gasteiger partial charge is 0.361 e. The highest BCUT2D eigenvalue weighted by atomic mass is 19.1. The number of hydrogen-bond donors (Lipinski definition) is 4. The molecule has 118 valence electrons. The van der Waals surface area contributed by atoms with Gasteiger partial charge in [0.05, 0.1) is 18.5 Å². The summed E-state index contributed by atoms with van der Waals surface area (Å²) >= 11 is 0. The maximum absolute atomic E-state index is 13.8. The molecule has 0 bridgehead atoms. The highest BCUT2D eigenvalue weighted by Crippen LogP contribution is 2.23. The Hall–Kier alpha value is -2.90. The van der Waals surface area contributed by atoms with Crippen LogP contribution in [0.15, 0.2) is 48.7 Å². The summed E-state index contributed by atoms with van der Waals surface area (Å²) in [7, 11) is 1.50. The van der Waals surface area contributed by atoms with Crippen molar-refractivity contribution in [2.45, 2.75) is 0 Å². The van der Waals surface area contributed by atoms with Gasteiger partial charge >= 0.3 is 6.03 Å². The van der Waals surface area contributed by atoms with E-state index in [0.717, 1.165) is 10.9 Å². The minimum atomic E-state index is -0.521. The molecule has 0 radical (unpaired) electrons. The summed E-state index contributed by atoms with van der Waals surface area (Å²) in [6.07, 6.45) is 1.79. The van der Waals surface area contributed by atoms with E-state index < -0.39 is 11.8 Å². The minimum Gasteiger partial charge on any atom is -0.361 e. The number of quaternary nitrogens is 1. The van der Waals surface area contributed by atoms with Crippen molar-refractivity contribution in [1.82, 2.24) is 4.98 Å². The van der Waals surface area contributed by atoms with E-state index in [1.165, 1.54) is 24.7 Å². The fraction of sp³-hybridized carbons (Fsp3) is 0.0625. The van der Waals surface area contributed by atoms with Crippen LogP contribution in [0.1, 0.15) is 0 Å². The van der Waals surface area contributed by atoms with Crippen LogP contribution >= 0.6 is 0 Å². The van der Waals surface area contributed by atoms with Crippen LogP contribution in [0.2, 0.25) is 0 Å². The highest BCUT2D eigenvalue weighted by Gasteiger charge is 2.11. The smallest absolute Gasteiger partial charge is 0.323 e. The molecule has 5 N–H and O–H groups in total. The Morgan fingerprint density at radius 1 is 1.17 bits per heavy atom. The number of amides is 2. The summed E-state index contributed by atoms with van der Waals surface area (Å²) in [4.78, 5) is 20.1. The molecule has 0 aliphatic heterocycles. The number of anilines is 2. The van der Waals surface area contributed by atoms with Crippen molar-refractivity contribution in [2.75, 3.05) is 17.7 Å². The minimum absolute atomic E-state index is 0.0783. The number of rotatable bonds is 4.